The molecule has 3 aromatic heterocycles. The number of nitrogens with zero attached hydrogens (tertiary/aromatic N) is 4. The number of nitrogens with one attached hydrogen (secondary N) is 1. The molecule has 0 radical (unpaired) electrons. The van der Waals surface area contributed by atoms with E-state index in [1.807, 2.05) is 48.9 Å². The van der Waals surface area contributed by atoms with Crippen molar-refractivity contribution < 1.29 is 9.21 Å². The van der Waals surface area contributed by atoms with Crippen molar-refractivity contribution in [3.8, 4) is 11.5 Å². The molecule has 0 spiro atoms. The summed E-state index contributed by atoms with van der Waals surface area (Å²) in [7, 11) is 0. The van der Waals surface area contributed by atoms with Gasteiger partial charge in [0.15, 0.2) is 11.5 Å². The third-order valence-electron chi connectivity index (χ3n) is 5.33. The number of fused-ring (bicyclic) bond motifs is 1. The molecule has 146 valence electrons. The van der Waals surface area contributed by atoms with E-state index in [9.17, 15) is 4.79 Å². The number of hydrogen-bond acceptors (Lipinski definition) is 5. The zero-order chi connectivity index (χ0) is 19.8. The second kappa shape index (κ2) is 7.09. The van der Waals surface area contributed by atoms with Crippen LogP contribution in [0.15, 0.2) is 65.7 Å². The largest absolute Gasteiger partial charge is 0.444 e. The first-order valence-electron chi connectivity index (χ1n) is 9.68. The van der Waals surface area contributed by atoms with Crippen LogP contribution in [0.5, 0.6) is 0 Å². The molecular weight excluding hydrogens is 366 g/mol. The number of amides is 1. The Balaban J connectivity index is 1.28. The topological polar surface area (TPSA) is 75.7 Å². The highest BCUT2D eigenvalue weighted by Crippen LogP contribution is 2.26. The van der Waals surface area contributed by atoms with Crippen LogP contribution >= 0.6 is 0 Å². The summed E-state index contributed by atoms with van der Waals surface area (Å²) >= 11 is 0. The van der Waals surface area contributed by atoms with Crippen molar-refractivity contribution >= 4 is 17.2 Å². The SMILES string of the molecule is Cc1ccn2ccnc(N3CCC(NC(=O)c4coc(-c5ccccc5)n4)C3)c12. The van der Waals surface area contributed by atoms with Gasteiger partial charge in [-0.1, -0.05) is 18.2 Å². The lowest BCUT2D eigenvalue weighted by Crippen LogP contribution is -2.37. The minimum atomic E-state index is -0.215. The maximum absolute atomic E-state index is 12.6. The summed E-state index contributed by atoms with van der Waals surface area (Å²) in [4.78, 5) is 23.8. The molecule has 4 heterocycles. The first-order valence-corrected chi connectivity index (χ1v) is 9.68. The monoisotopic (exact) mass is 387 g/mol. The van der Waals surface area contributed by atoms with Gasteiger partial charge in [-0.25, -0.2) is 9.97 Å². The predicted octanol–water partition coefficient (Wildman–Crippen LogP) is 3.31. The van der Waals surface area contributed by atoms with Crippen molar-refractivity contribution in [2.75, 3.05) is 18.0 Å². The third kappa shape index (κ3) is 3.24. The van der Waals surface area contributed by atoms with Gasteiger partial charge in [0.2, 0.25) is 5.89 Å². The van der Waals surface area contributed by atoms with E-state index >= 15 is 0 Å². The molecule has 1 unspecified atom stereocenters. The lowest BCUT2D eigenvalue weighted by molar-refractivity contribution is 0.0935. The summed E-state index contributed by atoms with van der Waals surface area (Å²) in [5.41, 5.74) is 3.45. The van der Waals surface area contributed by atoms with E-state index in [1.165, 1.54) is 11.8 Å². The number of carbonyl (C=O) groups is 1. The maximum atomic E-state index is 12.6. The number of rotatable bonds is 4. The fourth-order valence-electron chi connectivity index (χ4n) is 3.85. The van der Waals surface area contributed by atoms with Crippen molar-refractivity contribution in [3.05, 3.63) is 72.5 Å². The number of aromatic nitrogens is 3. The smallest absolute Gasteiger partial charge is 0.273 e. The van der Waals surface area contributed by atoms with Crippen LogP contribution in [0, 0.1) is 6.92 Å². The number of benzene rings is 1. The van der Waals surface area contributed by atoms with Crippen molar-refractivity contribution in [2.24, 2.45) is 0 Å². The number of carbonyl (C=O) groups excluding carboxylic acids is 1. The molecule has 1 fully saturated rings. The number of oxazole rings is 1. The Labute approximate surface area is 168 Å². The molecule has 1 amide bonds. The van der Waals surface area contributed by atoms with E-state index in [0.29, 0.717) is 18.1 Å². The standard InChI is InChI=1S/C22H21N5O2/c1-15-7-10-26-12-9-23-20(19(15)26)27-11-8-17(13-27)24-21(28)18-14-29-22(25-18)16-5-3-2-4-6-16/h2-7,9-10,12,14,17H,8,11,13H2,1H3,(H,24,28). The summed E-state index contributed by atoms with van der Waals surface area (Å²) in [6.07, 6.45) is 8.08. The Hall–Kier alpha value is -3.61. The molecule has 0 bridgehead atoms. The summed E-state index contributed by atoms with van der Waals surface area (Å²) in [6.45, 7) is 3.65. The van der Waals surface area contributed by atoms with Crippen molar-refractivity contribution in [2.45, 2.75) is 19.4 Å². The van der Waals surface area contributed by atoms with Gasteiger partial charge < -0.3 is 19.0 Å². The van der Waals surface area contributed by atoms with E-state index in [4.69, 9.17) is 4.42 Å². The molecule has 0 saturated carbocycles. The van der Waals surface area contributed by atoms with E-state index in [0.717, 1.165) is 29.9 Å². The van der Waals surface area contributed by atoms with Crippen molar-refractivity contribution in [3.63, 3.8) is 0 Å². The number of anilines is 1. The minimum absolute atomic E-state index is 0.0386. The van der Waals surface area contributed by atoms with E-state index in [1.54, 1.807) is 0 Å². The highest BCUT2D eigenvalue weighted by atomic mass is 16.3. The minimum Gasteiger partial charge on any atom is -0.444 e. The molecule has 1 aliphatic heterocycles. The van der Waals surface area contributed by atoms with Gasteiger partial charge in [-0.2, -0.15) is 0 Å². The molecule has 1 atom stereocenters. The highest BCUT2D eigenvalue weighted by molar-refractivity contribution is 5.92. The van der Waals surface area contributed by atoms with Gasteiger partial charge in [0.1, 0.15) is 6.26 Å². The zero-order valence-electron chi connectivity index (χ0n) is 16.1. The summed E-state index contributed by atoms with van der Waals surface area (Å²) < 4.78 is 7.57. The van der Waals surface area contributed by atoms with Crippen LogP contribution < -0.4 is 10.2 Å². The quantitative estimate of drug-likeness (QED) is 0.581. The Morgan fingerprint density at radius 3 is 2.93 bits per heavy atom. The van der Waals surface area contributed by atoms with Gasteiger partial charge in [0.05, 0.1) is 5.52 Å². The van der Waals surface area contributed by atoms with Gasteiger partial charge in [0.25, 0.3) is 5.91 Å². The van der Waals surface area contributed by atoms with Crippen LogP contribution in [0.4, 0.5) is 5.82 Å². The summed E-state index contributed by atoms with van der Waals surface area (Å²) in [6, 6.07) is 11.7. The zero-order valence-corrected chi connectivity index (χ0v) is 16.1. The second-order valence-electron chi connectivity index (χ2n) is 7.31. The Kier molecular flexibility index (Phi) is 4.27. The molecular formula is C22H21N5O2. The molecule has 1 aliphatic rings. The number of aryl methyl sites for hydroxylation is 1. The average Bonchev–Trinajstić information content (AvgIpc) is 3.49. The molecule has 0 aliphatic carbocycles. The Bertz CT molecular complexity index is 1160. The third-order valence-corrected chi connectivity index (χ3v) is 5.33. The molecule has 1 aromatic carbocycles. The molecule has 4 aromatic rings. The van der Waals surface area contributed by atoms with Gasteiger partial charge in [-0.15, -0.1) is 0 Å². The molecule has 5 rings (SSSR count). The predicted molar refractivity (Wildman–Crippen MR) is 110 cm³/mol. The van der Waals surface area contributed by atoms with Crippen LogP contribution in [-0.4, -0.2) is 39.4 Å². The normalized spacial score (nSPS) is 16.4. The second-order valence-corrected chi connectivity index (χ2v) is 7.31. The number of hydrogen-bond donors (Lipinski definition) is 1. The summed E-state index contributed by atoms with van der Waals surface area (Å²) in [5.74, 6) is 1.19. The molecule has 7 nitrogen and oxygen atoms in total. The fraction of sp³-hybridized carbons (Fsp3) is 0.227. The van der Waals surface area contributed by atoms with E-state index in [2.05, 4.69) is 37.6 Å². The van der Waals surface area contributed by atoms with Gasteiger partial charge >= 0.3 is 0 Å². The molecule has 7 heteroatoms. The Morgan fingerprint density at radius 2 is 2.07 bits per heavy atom. The maximum Gasteiger partial charge on any atom is 0.273 e. The molecule has 1 saturated heterocycles. The highest BCUT2D eigenvalue weighted by Gasteiger charge is 2.27. The average molecular weight is 387 g/mol. The van der Waals surface area contributed by atoms with E-state index < -0.39 is 0 Å². The van der Waals surface area contributed by atoms with Crippen LogP contribution in [0.1, 0.15) is 22.5 Å². The van der Waals surface area contributed by atoms with Crippen LogP contribution in [0.25, 0.3) is 17.0 Å². The lowest BCUT2D eigenvalue weighted by Gasteiger charge is -2.19. The van der Waals surface area contributed by atoms with Gasteiger partial charge in [0, 0.05) is 43.3 Å². The summed E-state index contributed by atoms with van der Waals surface area (Å²) in [5, 5.41) is 3.08. The lowest BCUT2D eigenvalue weighted by atomic mass is 10.2. The van der Waals surface area contributed by atoms with Gasteiger partial charge in [-0.3, -0.25) is 4.79 Å². The van der Waals surface area contributed by atoms with Crippen LogP contribution in [0.2, 0.25) is 0 Å². The fourth-order valence-corrected chi connectivity index (χ4v) is 3.85. The Morgan fingerprint density at radius 1 is 1.21 bits per heavy atom. The molecule has 1 N–H and O–H groups in total. The van der Waals surface area contributed by atoms with E-state index in [-0.39, 0.29) is 11.9 Å². The van der Waals surface area contributed by atoms with Crippen molar-refractivity contribution in [1.29, 1.82) is 0 Å². The molecule has 29 heavy (non-hydrogen) atoms. The van der Waals surface area contributed by atoms with Crippen LogP contribution in [-0.2, 0) is 0 Å². The van der Waals surface area contributed by atoms with Crippen molar-refractivity contribution in [1.82, 2.24) is 19.7 Å². The first kappa shape index (κ1) is 17.5. The first-order chi connectivity index (χ1) is 14.2. The van der Waals surface area contributed by atoms with Gasteiger partial charge in [-0.05, 0) is 37.1 Å². The van der Waals surface area contributed by atoms with Crippen LogP contribution in [0.3, 0.4) is 0 Å².